The van der Waals surface area contributed by atoms with Crippen LogP contribution in [0.3, 0.4) is 0 Å². The number of carbonyl (C=O) groups is 1. The molecule has 0 aliphatic heterocycles. The molecule has 0 bridgehead atoms. The molecule has 0 spiro atoms. The van der Waals surface area contributed by atoms with Crippen LogP contribution in [0, 0.1) is 0 Å². The fourth-order valence-electron chi connectivity index (χ4n) is 1.83. The first kappa shape index (κ1) is 19.5. The summed E-state index contributed by atoms with van der Waals surface area (Å²) in [5.74, 6) is 0.417. The molecule has 20 heavy (non-hydrogen) atoms. The van der Waals surface area contributed by atoms with E-state index in [2.05, 4.69) is 4.90 Å². The molecule has 1 aromatic rings. The van der Waals surface area contributed by atoms with Crippen molar-refractivity contribution in [3.8, 4) is 0 Å². The second-order valence-corrected chi connectivity index (χ2v) is 5.12. The molecule has 114 valence electrons. The smallest absolute Gasteiger partial charge is 0.303 e. The van der Waals surface area contributed by atoms with Crippen LogP contribution in [0.1, 0.15) is 17.5 Å². The molecule has 0 fully saturated rings. The fourth-order valence-corrected chi connectivity index (χ4v) is 2.31. The summed E-state index contributed by atoms with van der Waals surface area (Å²) >= 11 is 11.5. The number of halogens is 3. The highest BCUT2D eigenvalue weighted by atomic mass is 35.5. The standard InChI is InChI=1S/C14H19Cl2NO2.ClH/c15-7-9-17(10-8-16)11-13-3-1-12(2-4-13)5-6-14(18)19;/h1-4H,5-11H2,(H,18,19);1H. The lowest BCUT2D eigenvalue weighted by atomic mass is 10.1. The van der Waals surface area contributed by atoms with Crippen LogP contribution in [0.25, 0.3) is 0 Å². The number of nitrogens with zero attached hydrogens (tertiary/aromatic N) is 1. The van der Waals surface area contributed by atoms with Gasteiger partial charge in [-0.25, -0.2) is 0 Å². The summed E-state index contributed by atoms with van der Waals surface area (Å²) in [6.07, 6.45) is 0.743. The molecule has 0 saturated heterocycles. The number of carboxylic acids is 1. The zero-order valence-electron chi connectivity index (χ0n) is 11.2. The third-order valence-corrected chi connectivity index (χ3v) is 3.20. The summed E-state index contributed by atoms with van der Waals surface area (Å²) in [6, 6.07) is 8.04. The first-order valence-electron chi connectivity index (χ1n) is 6.29. The van der Waals surface area contributed by atoms with Gasteiger partial charge in [-0.3, -0.25) is 9.69 Å². The Bertz CT molecular complexity index is 379. The number of benzene rings is 1. The topological polar surface area (TPSA) is 40.5 Å². The van der Waals surface area contributed by atoms with Gasteiger partial charge in [0.1, 0.15) is 0 Å². The SMILES string of the molecule is Cl.O=C(O)CCc1ccc(CN(CCCl)CCCl)cc1. The van der Waals surface area contributed by atoms with Crippen molar-refractivity contribution in [2.45, 2.75) is 19.4 Å². The molecule has 0 aromatic heterocycles. The van der Waals surface area contributed by atoms with Gasteiger partial charge in [0.15, 0.2) is 0 Å². The van der Waals surface area contributed by atoms with Gasteiger partial charge < -0.3 is 5.11 Å². The molecule has 6 heteroatoms. The molecule has 0 unspecified atom stereocenters. The van der Waals surface area contributed by atoms with Gasteiger partial charge in [0.2, 0.25) is 0 Å². The van der Waals surface area contributed by atoms with E-state index in [9.17, 15) is 4.79 Å². The van der Waals surface area contributed by atoms with Crippen molar-refractivity contribution >= 4 is 41.6 Å². The zero-order chi connectivity index (χ0) is 14.1. The Hall–Kier alpha value is -0.480. The Morgan fingerprint density at radius 3 is 2.00 bits per heavy atom. The van der Waals surface area contributed by atoms with Crippen LogP contribution < -0.4 is 0 Å². The average Bonchev–Trinajstić information content (AvgIpc) is 2.38. The van der Waals surface area contributed by atoms with E-state index < -0.39 is 5.97 Å². The summed E-state index contributed by atoms with van der Waals surface area (Å²) in [4.78, 5) is 12.7. The lowest BCUT2D eigenvalue weighted by molar-refractivity contribution is -0.136. The average molecular weight is 341 g/mol. The van der Waals surface area contributed by atoms with Gasteiger partial charge in [-0.05, 0) is 17.5 Å². The zero-order valence-corrected chi connectivity index (χ0v) is 13.6. The number of aryl methyl sites for hydroxylation is 1. The van der Waals surface area contributed by atoms with Gasteiger partial charge >= 0.3 is 5.97 Å². The molecule has 0 radical (unpaired) electrons. The van der Waals surface area contributed by atoms with Crippen molar-refractivity contribution < 1.29 is 9.90 Å². The number of aliphatic carboxylic acids is 1. The highest BCUT2D eigenvalue weighted by molar-refractivity contribution is 6.18. The predicted molar refractivity (Wildman–Crippen MR) is 86.4 cm³/mol. The van der Waals surface area contributed by atoms with E-state index >= 15 is 0 Å². The molecule has 0 atom stereocenters. The fraction of sp³-hybridized carbons (Fsp3) is 0.500. The van der Waals surface area contributed by atoms with Gasteiger partial charge in [-0.1, -0.05) is 24.3 Å². The van der Waals surface area contributed by atoms with E-state index in [0.717, 1.165) is 25.2 Å². The molecule has 0 aliphatic rings. The van der Waals surface area contributed by atoms with Crippen molar-refractivity contribution in [1.82, 2.24) is 4.90 Å². The van der Waals surface area contributed by atoms with Gasteiger partial charge in [0, 0.05) is 37.8 Å². The minimum atomic E-state index is -0.764. The predicted octanol–water partition coefficient (Wildman–Crippen LogP) is 3.41. The lowest BCUT2D eigenvalue weighted by Crippen LogP contribution is -2.27. The first-order valence-corrected chi connectivity index (χ1v) is 7.36. The van der Waals surface area contributed by atoms with E-state index in [1.54, 1.807) is 0 Å². The monoisotopic (exact) mass is 339 g/mol. The maximum Gasteiger partial charge on any atom is 0.303 e. The quantitative estimate of drug-likeness (QED) is 0.700. The van der Waals surface area contributed by atoms with E-state index in [0.29, 0.717) is 18.2 Å². The Labute approximate surface area is 136 Å². The second kappa shape index (κ2) is 11.2. The van der Waals surface area contributed by atoms with Crippen molar-refractivity contribution in [2.24, 2.45) is 0 Å². The Kier molecular flexibility index (Phi) is 10.9. The molecule has 3 nitrogen and oxygen atoms in total. The molecule has 0 aliphatic carbocycles. The maximum atomic E-state index is 10.5. The van der Waals surface area contributed by atoms with Crippen LogP contribution in [0.4, 0.5) is 0 Å². The summed E-state index contributed by atoms with van der Waals surface area (Å²) in [5.41, 5.74) is 2.24. The van der Waals surface area contributed by atoms with Crippen molar-refractivity contribution in [1.29, 1.82) is 0 Å². The van der Waals surface area contributed by atoms with E-state index in [4.69, 9.17) is 28.3 Å². The van der Waals surface area contributed by atoms with Gasteiger partial charge in [-0.2, -0.15) is 0 Å². The Morgan fingerprint density at radius 1 is 1.05 bits per heavy atom. The normalized spacial score (nSPS) is 10.3. The molecular formula is C14H20Cl3NO2. The van der Waals surface area contributed by atoms with E-state index in [1.165, 1.54) is 5.56 Å². The molecule has 1 N–H and O–H groups in total. The van der Waals surface area contributed by atoms with Crippen LogP contribution in [-0.4, -0.2) is 40.8 Å². The minimum Gasteiger partial charge on any atom is -0.481 e. The lowest BCUT2D eigenvalue weighted by Gasteiger charge is -2.20. The number of hydrogen-bond acceptors (Lipinski definition) is 2. The van der Waals surface area contributed by atoms with Gasteiger partial charge in [0.25, 0.3) is 0 Å². The van der Waals surface area contributed by atoms with Crippen molar-refractivity contribution in [3.05, 3.63) is 35.4 Å². The minimum absolute atomic E-state index is 0. The third-order valence-electron chi connectivity index (χ3n) is 2.86. The van der Waals surface area contributed by atoms with Crippen LogP contribution >= 0.6 is 35.6 Å². The number of hydrogen-bond donors (Lipinski definition) is 1. The van der Waals surface area contributed by atoms with Crippen LogP contribution in [-0.2, 0) is 17.8 Å². The molecule has 1 aromatic carbocycles. The Morgan fingerprint density at radius 2 is 1.55 bits per heavy atom. The largest absolute Gasteiger partial charge is 0.481 e. The van der Waals surface area contributed by atoms with Gasteiger partial charge in [-0.15, -0.1) is 35.6 Å². The van der Waals surface area contributed by atoms with Crippen molar-refractivity contribution in [3.63, 3.8) is 0 Å². The van der Waals surface area contributed by atoms with Crippen molar-refractivity contribution in [2.75, 3.05) is 24.8 Å². The van der Waals surface area contributed by atoms with Crippen LogP contribution in [0.5, 0.6) is 0 Å². The number of carboxylic acid groups (broad SMARTS) is 1. The molecule has 0 saturated carbocycles. The molecular weight excluding hydrogens is 321 g/mol. The van der Waals surface area contributed by atoms with E-state index in [1.807, 2.05) is 24.3 Å². The third kappa shape index (κ3) is 7.95. The molecule has 0 heterocycles. The summed E-state index contributed by atoms with van der Waals surface area (Å²) < 4.78 is 0. The maximum absolute atomic E-state index is 10.5. The number of rotatable bonds is 9. The summed E-state index contributed by atoms with van der Waals surface area (Å²) in [7, 11) is 0. The highest BCUT2D eigenvalue weighted by Crippen LogP contribution is 2.09. The van der Waals surface area contributed by atoms with Crippen LogP contribution in [0.15, 0.2) is 24.3 Å². The Balaban J connectivity index is 0.00000361. The highest BCUT2D eigenvalue weighted by Gasteiger charge is 2.05. The summed E-state index contributed by atoms with van der Waals surface area (Å²) in [6.45, 7) is 2.45. The van der Waals surface area contributed by atoms with Gasteiger partial charge in [0.05, 0.1) is 0 Å². The number of alkyl halides is 2. The summed E-state index contributed by atoms with van der Waals surface area (Å²) in [5, 5.41) is 8.63. The van der Waals surface area contributed by atoms with E-state index in [-0.39, 0.29) is 18.8 Å². The molecule has 0 amide bonds. The second-order valence-electron chi connectivity index (χ2n) is 4.36. The van der Waals surface area contributed by atoms with Crippen LogP contribution in [0.2, 0.25) is 0 Å². The first-order chi connectivity index (χ1) is 9.15. The molecule has 1 rings (SSSR count).